The first kappa shape index (κ1) is 31.6. The fourth-order valence-electron chi connectivity index (χ4n) is 6.42. The van der Waals surface area contributed by atoms with E-state index in [-0.39, 0.29) is 7.43 Å². The average Bonchev–Trinajstić information content (AvgIpc) is 3.17. The molecule has 0 amide bonds. The summed E-state index contributed by atoms with van der Waals surface area (Å²) in [7, 11) is 2.48. The van der Waals surface area contributed by atoms with E-state index >= 15 is 0 Å². The maximum Gasteiger partial charge on any atom is 0.192 e. The molecule has 0 bridgehead atoms. The van der Waals surface area contributed by atoms with E-state index in [0.29, 0.717) is 0 Å². The van der Waals surface area contributed by atoms with Crippen LogP contribution in [0.5, 0.6) is 0 Å². The molecule has 0 heterocycles. The topological polar surface area (TPSA) is 30.3 Å². The second-order valence-electron chi connectivity index (χ2n) is 11.4. The summed E-state index contributed by atoms with van der Waals surface area (Å²) in [6.45, 7) is 0. The molecule has 8 rings (SSSR count). The number of rotatable bonds is 7. The van der Waals surface area contributed by atoms with Crippen molar-refractivity contribution in [2.24, 2.45) is 0 Å². The van der Waals surface area contributed by atoms with Gasteiger partial charge in [-0.05, 0) is 91.6 Å². The Morgan fingerprint density at radius 3 is 1.06 bits per heavy atom. The van der Waals surface area contributed by atoms with E-state index in [1.807, 2.05) is 0 Å². The molecule has 0 atom stereocenters. The summed E-state index contributed by atoms with van der Waals surface area (Å²) in [5, 5.41) is 7.46. The Kier molecular flexibility index (Phi) is 9.83. The molecule has 1 N–H and O–H groups in total. The van der Waals surface area contributed by atoms with Crippen LogP contribution < -0.4 is 9.80 Å². The predicted molar refractivity (Wildman–Crippen MR) is 214 cm³/mol. The van der Waals surface area contributed by atoms with Crippen LogP contribution >= 0.6 is 9.03 Å². The highest BCUT2D eigenvalue weighted by Gasteiger charge is 2.17. The largest absolute Gasteiger partial charge is 0.310 e. The molecule has 0 aliphatic heterocycles. The van der Waals surface area contributed by atoms with Gasteiger partial charge in [-0.2, -0.15) is 0 Å². The molecule has 0 aromatic heterocycles. The molecule has 0 fully saturated rings. The second-order valence-corrected chi connectivity index (χ2v) is 11.4. The standard InChI is InChI=1S/C44H32N2.CH4.H2NP/c1-3-17-37(18-4-1)45(43-23-11-15-35-13-7-9-21-41(35)43)39-29-25-33(26-30-39)34-27-31-40(32-28-34)46(38-19-5-2-6-20-38)44-24-12-16-36-14-8-10-22-42(36)44;;1-2/h1-32H;1H4;1-2H/i/hD. The van der Waals surface area contributed by atoms with Gasteiger partial charge in [-0.1, -0.05) is 141 Å². The quantitative estimate of drug-likeness (QED) is 0.174. The van der Waals surface area contributed by atoms with E-state index in [4.69, 9.17) is 1.41 Å². The number of nitrogens with one attached hydrogen (secondary N) is 1. The van der Waals surface area contributed by atoms with Crippen molar-refractivity contribution in [3.8, 4) is 11.1 Å². The van der Waals surface area contributed by atoms with Crippen LogP contribution in [-0.2, 0) is 0 Å². The molecule has 0 saturated carbocycles. The molecule has 0 aliphatic rings. The van der Waals surface area contributed by atoms with Gasteiger partial charge in [0.2, 0.25) is 0 Å². The second kappa shape index (κ2) is 15.3. The number of benzene rings is 8. The average molecular weight is 653 g/mol. The van der Waals surface area contributed by atoms with E-state index in [9.17, 15) is 0 Å². The van der Waals surface area contributed by atoms with E-state index in [1.165, 1.54) is 32.7 Å². The van der Waals surface area contributed by atoms with Crippen molar-refractivity contribution >= 4 is 64.7 Å². The lowest BCUT2D eigenvalue weighted by Gasteiger charge is -2.27. The van der Waals surface area contributed by atoms with Gasteiger partial charge >= 0.3 is 0 Å². The lowest BCUT2D eigenvalue weighted by molar-refractivity contribution is 1.29. The summed E-state index contributed by atoms with van der Waals surface area (Å²) < 4.78 is 5.75. The highest BCUT2D eigenvalue weighted by molar-refractivity contribution is 7.02. The highest BCUT2D eigenvalue weighted by atomic mass is 31.0. The summed E-state index contributed by atoms with van der Waals surface area (Å²) in [6, 6.07) is 69.2. The smallest absolute Gasteiger partial charge is 0.192 e. The van der Waals surface area contributed by atoms with Gasteiger partial charge in [0, 0.05) is 33.5 Å². The molecule has 3 nitrogen and oxygen atoms in total. The molecular formula is C45H38N3P. The van der Waals surface area contributed by atoms with Crippen molar-refractivity contribution in [3.63, 3.8) is 0 Å². The Morgan fingerprint density at radius 2 is 0.673 bits per heavy atom. The molecule has 49 heavy (non-hydrogen) atoms. The third-order valence-corrected chi connectivity index (χ3v) is 8.63. The van der Waals surface area contributed by atoms with Crippen molar-refractivity contribution in [1.82, 2.24) is 0 Å². The van der Waals surface area contributed by atoms with Crippen LogP contribution in [0.1, 0.15) is 7.43 Å². The third-order valence-electron chi connectivity index (χ3n) is 8.63. The molecule has 0 aliphatic carbocycles. The predicted octanol–water partition coefficient (Wildman–Crippen LogP) is 14.1. The summed E-state index contributed by atoms with van der Waals surface area (Å²) >= 11 is 0. The Morgan fingerprint density at radius 1 is 0.367 bits per heavy atom. The van der Waals surface area contributed by atoms with Gasteiger partial charge in [0.15, 0.2) is 1.41 Å². The minimum atomic E-state index is 0. The zero-order valence-electron chi connectivity index (χ0n) is 27.3. The van der Waals surface area contributed by atoms with E-state index in [0.717, 1.165) is 34.1 Å². The van der Waals surface area contributed by atoms with Crippen LogP contribution in [-0.4, -0.2) is 0 Å². The number of anilines is 6. The Labute approximate surface area is 292 Å². The Bertz CT molecular complexity index is 2130. The molecule has 0 spiro atoms. The summed E-state index contributed by atoms with van der Waals surface area (Å²) in [6.07, 6.45) is 0. The van der Waals surface area contributed by atoms with Crippen molar-refractivity contribution in [3.05, 3.63) is 194 Å². The van der Waals surface area contributed by atoms with Crippen molar-refractivity contribution in [2.75, 3.05) is 9.80 Å². The first-order chi connectivity index (χ1) is 24.2. The van der Waals surface area contributed by atoms with Crippen LogP contribution in [0, 0.1) is 5.15 Å². The molecule has 238 valence electrons. The maximum atomic E-state index is 5.75. The number of hydrogen-bond acceptors (Lipinski definition) is 3. The van der Waals surface area contributed by atoms with Crippen molar-refractivity contribution in [1.29, 1.82) is 5.15 Å². The maximum absolute atomic E-state index is 5.75. The zero-order valence-corrected chi connectivity index (χ0v) is 27.3. The van der Waals surface area contributed by atoms with Crippen LogP contribution in [0.4, 0.5) is 34.1 Å². The first-order valence-corrected chi connectivity index (χ1v) is 16.4. The lowest BCUT2D eigenvalue weighted by atomic mass is 10.0. The van der Waals surface area contributed by atoms with E-state index < -0.39 is 0 Å². The fourth-order valence-corrected chi connectivity index (χ4v) is 6.42. The SMILES string of the molecule is C.[2H]N=P.c1ccc(N(c2ccc(-c3ccc(N(c4ccccc4)c4cccc5ccccc45)cc3)cc2)c2cccc3ccccc23)cc1. The minimum absolute atomic E-state index is 0. The van der Waals surface area contributed by atoms with Gasteiger partial charge in [0.25, 0.3) is 0 Å². The van der Waals surface area contributed by atoms with Gasteiger partial charge in [-0.15, -0.1) is 0 Å². The molecule has 0 unspecified atom stereocenters. The summed E-state index contributed by atoms with van der Waals surface area (Å²) in [5.74, 6) is 0. The Hall–Kier alpha value is -6.02. The number of fused-ring (bicyclic) bond motifs is 2. The zero-order chi connectivity index (χ0) is 33.4. The van der Waals surface area contributed by atoms with Gasteiger partial charge < -0.3 is 9.80 Å². The van der Waals surface area contributed by atoms with Crippen LogP contribution in [0.15, 0.2) is 194 Å². The molecule has 0 radical (unpaired) electrons. The van der Waals surface area contributed by atoms with Crippen molar-refractivity contribution < 1.29 is 1.41 Å². The molecule has 8 aromatic rings. The van der Waals surface area contributed by atoms with Gasteiger partial charge in [0.1, 0.15) is 0 Å². The summed E-state index contributed by atoms with van der Waals surface area (Å²) in [5.41, 5.74) is 9.18. The molecule has 8 aromatic carbocycles. The summed E-state index contributed by atoms with van der Waals surface area (Å²) in [4.78, 5) is 4.69. The normalized spacial score (nSPS) is 10.7. The van der Waals surface area contributed by atoms with Crippen LogP contribution in [0.25, 0.3) is 32.7 Å². The van der Waals surface area contributed by atoms with Crippen LogP contribution in [0.3, 0.4) is 0 Å². The molecule has 4 heteroatoms. The molecular weight excluding hydrogens is 613 g/mol. The monoisotopic (exact) mass is 652 g/mol. The van der Waals surface area contributed by atoms with E-state index in [1.54, 1.807) is 0 Å². The lowest BCUT2D eigenvalue weighted by Crippen LogP contribution is -2.10. The van der Waals surface area contributed by atoms with Crippen molar-refractivity contribution in [2.45, 2.75) is 7.43 Å². The molecule has 0 saturated heterocycles. The number of hydrogen-bond donors (Lipinski definition) is 1. The van der Waals surface area contributed by atoms with Crippen LogP contribution in [0.2, 0.25) is 1.41 Å². The first-order valence-electron chi connectivity index (χ1n) is 16.4. The third kappa shape index (κ3) is 6.71. The van der Waals surface area contributed by atoms with Gasteiger partial charge in [-0.3, -0.25) is 5.15 Å². The fraction of sp³-hybridized carbons (Fsp3) is 0.0222. The van der Waals surface area contributed by atoms with Gasteiger partial charge in [0.05, 0.1) is 11.4 Å². The number of nitrogens with zero attached hydrogens (tertiary/aromatic N) is 2. The Balaban J connectivity index is 0.00000104. The highest BCUT2D eigenvalue weighted by Crippen LogP contribution is 2.41. The van der Waals surface area contributed by atoms with E-state index in [2.05, 4.69) is 218 Å². The van der Waals surface area contributed by atoms with Gasteiger partial charge in [-0.25, -0.2) is 0 Å². The number of para-hydroxylation sites is 2. The minimum Gasteiger partial charge on any atom is -0.310 e.